The van der Waals surface area contributed by atoms with Crippen LogP contribution in [0.25, 0.3) is 0 Å². The Kier molecular flexibility index (Phi) is 4.11. The molecule has 0 saturated carbocycles. The molecule has 0 aromatic heterocycles. The van der Waals surface area contributed by atoms with Crippen molar-refractivity contribution in [2.24, 2.45) is 0 Å². The highest BCUT2D eigenvalue weighted by molar-refractivity contribution is 6.06. The van der Waals surface area contributed by atoms with Gasteiger partial charge < -0.3 is 4.74 Å². The first kappa shape index (κ1) is 16.6. The molecule has 2 heterocycles. The third kappa shape index (κ3) is 2.71. The SMILES string of the molecule is CCc1ccc(N2C(=O)CC(c3ccc(C)cc3)C3=C2COC3=O)cc1. The Morgan fingerprint density at radius 3 is 2.38 bits per heavy atom. The average Bonchev–Trinajstić information content (AvgIpc) is 3.03. The zero-order valence-electron chi connectivity index (χ0n) is 15.0. The number of rotatable bonds is 3. The van der Waals surface area contributed by atoms with Gasteiger partial charge in [0.1, 0.15) is 6.61 Å². The number of cyclic esters (lactones) is 1. The Morgan fingerprint density at radius 1 is 1.04 bits per heavy atom. The molecule has 4 nitrogen and oxygen atoms in total. The lowest BCUT2D eigenvalue weighted by molar-refractivity contribution is -0.136. The Morgan fingerprint density at radius 2 is 1.73 bits per heavy atom. The summed E-state index contributed by atoms with van der Waals surface area (Å²) in [5.41, 5.74) is 5.44. The van der Waals surface area contributed by atoms with Crippen LogP contribution in [0.2, 0.25) is 0 Å². The first-order chi connectivity index (χ1) is 12.6. The summed E-state index contributed by atoms with van der Waals surface area (Å²) in [6.45, 7) is 4.27. The molecule has 0 fully saturated rings. The van der Waals surface area contributed by atoms with Crippen LogP contribution in [-0.2, 0) is 20.7 Å². The predicted molar refractivity (Wildman–Crippen MR) is 99.8 cm³/mol. The lowest BCUT2D eigenvalue weighted by atomic mass is 9.84. The monoisotopic (exact) mass is 347 g/mol. The quantitative estimate of drug-likeness (QED) is 0.792. The van der Waals surface area contributed by atoms with Gasteiger partial charge in [0.25, 0.3) is 0 Å². The van der Waals surface area contributed by atoms with Gasteiger partial charge in [-0.3, -0.25) is 9.69 Å². The molecule has 2 aromatic carbocycles. The largest absolute Gasteiger partial charge is 0.456 e. The summed E-state index contributed by atoms with van der Waals surface area (Å²) in [7, 11) is 0. The van der Waals surface area contributed by atoms with E-state index in [0.717, 1.165) is 23.2 Å². The molecule has 1 amide bonds. The van der Waals surface area contributed by atoms with Gasteiger partial charge in [-0.25, -0.2) is 4.79 Å². The molecule has 4 heteroatoms. The maximum Gasteiger partial charge on any atom is 0.336 e. The van der Waals surface area contributed by atoms with Crippen molar-refractivity contribution in [2.75, 3.05) is 11.5 Å². The van der Waals surface area contributed by atoms with E-state index in [4.69, 9.17) is 4.74 Å². The van der Waals surface area contributed by atoms with E-state index in [1.807, 2.05) is 55.5 Å². The standard InChI is InChI=1S/C22H21NO3/c1-3-15-6-10-17(11-7-15)23-19-13-26-22(25)21(19)18(12-20(23)24)16-8-4-14(2)5-9-16/h4-11,18H,3,12-13H2,1-2H3. The molecule has 1 atom stereocenters. The van der Waals surface area contributed by atoms with Crippen LogP contribution < -0.4 is 4.90 Å². The molecule has 0 spiro atoms. The van der Waals surface area contributed by atoms with Crippen molar-refractivity contribution in [3.63, 3.8) is 0 Å². The van der Waals surface area contributed by atoms with Crippen LogP contribution in [0.15, 0.2) is 59.8 Å². The summed E-state index contributed by atoms with van der Waals surface area (Å²) in [6, 6.07) is 15.9. The second-order valence-corrected chi connectivity index (χ2v) is 6.85. The first-order valence-corrected chi connectivity index (χ1v) is 8.97. The van der Waals surface area contributed by atoms with Gasteiger partial charge in [0.15, 0.2) is 0 Å². The van der Waals surface area contributed by atoms with Crippen LogP contribution in [0, 0.1) is 6.92 Å². The average molecular weight is 347 g/mol. The van der Waals surface area contributed by atoms with Crippen molar-refractivity contribution >= 4 is 17.6 Å². The molecule has 26 heavy (non-hydrogen) atoms. The van der Waals surface area contributed by atoms with E-state index >= 15 is 0 Å². The lowest BCUT2D eigenvalue weighted by Gasteiger charge is -2.32. The molecule has 2 aliphatic heterocycles. The van der Waals surface area contributed by atoms with Crippen LogP contribution in [0.5, 0.6) is 0 Å². The maximum atomic E-state index is 13.0. The predicted octanol–water partition coefficient (Wildman–Crippen LogP) is 3.89. The molecule has 4 rings (SSSR count). The van der Waals surface area contributed by atoms with Crippen LogP contribution >= 0.6 is 0 Å². The van der Waals surface area contributed by atoms with Gasteiger partial charge in [-0.05, 0) is 36.6 Å². The number of benzene rings is 2. The van der Waals surface area contributed by atoms with Crippen molar-refractivity contribution in [2.45, 2.75) is 32.6 Å². The van der Waals surface area contributed by atoms with Gasteiger partial charge in [-0.15, -0.1) is 0 Å². The van der Waals surface area contributed by atoms with Gasteiger partial charge in [-0.2, -0.15) is 0 Å². The molecule has 2 aliphatic rings. The highest BCUT2D eigenvalue weighted by atomic mass is 16.5. The summed E-state index contributed by atoms with van der Waals surface area (Å²) in [5, 5.41) is 0. The maximum absolute atomic E-state index is 13.0. The minimum absolute atomic E-state index is 0.00289. The van der Waals surface area contributed by atoms with Gasteiger partial charge in [0, 0.05) is 18.0 Å². The zero-order chi connectivity index (χ0) is 18.3. The van der Waals surface area contributed by atoms with Crippen molar-refractivity contribution < 1.29 is 14.3 Å². The summed E-state index contributed by atoms with van der Waals surface area (Å²) in [5.74, 6) is -0.551. The fourth-order valence-corrected chi connectivity index (χ4v) is 3.72. The fourth-order valence-electron chi connectivity index (χ4n) is 3.72. The van der Waals surface area contributed by atoms with E-state index in [9.17, 15) is 9.59 Å². The van der Waals surface area contributed by atoms with Gasteiger partial charge >= 0.3 is 5.97 Å². The van der Waals surface area contributed by atoms with E-state index < -0.39 is 0 Å². The Balaban J connectivity index is 1.78. The Hall–Kier alpha value is -2.88. The fraction of sp³-hybridized carbons (Fsp3) is 0.273. The van der Waals surface area contributed by atoms with Crippen molar-refractivity contribution in [3.05, 3.63) is 76.5 Å². The zero-order valence-corrected chi connectivity index (χ0v) is 15.0. The Bertz CT molecular complexity index is 894. The molecule has 1 unspecified atom stereocenters. The lowest BCUT2D eigenvalue weighted by Crippen LogP contribution is -2.37. The van der Waals surface area contributed by atoms with E-state index in [0.29, 0.717) is 11.3 Å². The first-order valence-electron chi connectivity index (χ1n) is 8.97. The third-order valence-corrected chi connectivity index (χ3v) is 5.20. The molecule has 2 aromatic rings. The number of ether oxygens (including phenoxy) is 1. The minimum atomic E-state index is -0.312. The highest BCUT2D eigenvalue weighted by Gasteiger charge is 2.42. The second-order valence-electron chi connectivity index (χ2n) is 6.85. The van der Waals surface area contributed by atoms with Crippen LogP contribution in [0.4, 0.5) is 5.69 Å². The van der Waals surface area contributed by atoms with E-state index in [1.165, 1.54) is 5.56 Å². The Labute approximate surface area is 153 Å². The molecule has 132 valence electrons. The van der Waals surface area contributed by atoms with Crippen LogP contribution in [-0.4, -0.2) is 18.5 Å². The number of amides is 1. The van der Waals surface area contributed by atoms with Crippen molar-refractivity contribution in [1.82, 2.24) is 0 Å². The number of anilines is 1. The van der Waals surface area contributed by atoms with Gasteiger partial charge in [-0.1, -0.05) is 48.9 Å². The topological polar surface area (TPSA) is 46.6 Å². The molecule has 0 radical (unpaired) electrons. The molecule has 0 saturated heterocycles. The van der Waals surface area contributed by atoms with E-state index in [1.54, 1.807) is 4.90 Å². The molecule has 0 aliphatic carbocycles. The van der Waals surface area contributed by atoms with Gasteiger partial charge in [0.2, 0.25) is 5.91 Å². The molecule has 0 N–H and O–H groups in total. The molecular formula is C22H21NO3. The summed E-state index contributed by atoms with van der Waals surface area (Å²) in [6.07, 6.45) is 1.21. The van der Waals surface area contributed by atoms with Crippen molar-refractivity contribution in [1.29, 1.82) is 0 Å². The normalized spacial score (nSPS) is 19.6. The number of carbonyl (C=O) groups excluding carboxylic acids is 2. The number of carbonyl (C=O) groups is 2. The number of nitrogens with zero attached hydrogens (tertiary/aromatic N) is 1. The second kappa shape index (κ2) is 6.45. The number of hydrogen-bond acceptors (Lipinski definition) is 3. The van der Waals surface area contributed by atoms with Crippen molar-refractivity contribution in [3.8, 4) is 0 Å². The van der Waals surface area contributed by atoms with E-state index in [2.05, 4.69) is 6.92 Å². The number of hydrogen-bond donors (Lipinski definition) is 0. The summed E-state index contributed by atoms with van der Waals surface area (Å²) >= 11 is 0. The summed E-state index contributed by atoms with van der Waals surface area (Å²) < 4.78 is 5.31. The molecular weight excluding hydrogens is 326 g/mol. The van der Waals surface area contributed by atoms with Gasteiger partial charge in [0.05, 0.1) is 11.3 Å². The third-order valence-electron chi connectivity index (χ3n) is 5.20. The highest BCUT2D eigenvalue weighted by Crippen LogP contribution is 2.41. The smallest absolute Gasteiger partial charge is 0.336 e. The minimum Gasteiger partial charge on any atom is -0.456 e. The van der Waals surface area contributed by atoms with E-state index in [-0.39, 0.29) is 30.8 Å². The molecule has 0 bridgehead atoms. The number of aryl methyl sites for hydroxylation is 2. The summed E-state index contributed by atoms with van der Waals surface area (Å²) in [4.78, 5) is 27.1. The number of esters is 1. The van der Waals surface area contributed by atoms with Crippen LogP contribution in [0.3, 0.4) is 0 Å². The van der Waals surface area contributed by atoms with Crippen LogP contribution in [0.1, 0.15) is 36.0 Å².